The summed E-state index contributed by atoms with van der Waals surface area (Å²) in [5.41, 5.74) is 3.12. The SMILES string of the molecule is C=Cc1ccc(C(=O)CC(=O)c2cc(C)ccc2O)cc1C=C. The number of aryl methyl sites for hydroxylation is 1. The lowest BCUT2D eigenvalue weighted by atomic mass is 9.97. The summed E-state index contributed by atoms with van der Waals surface area (Å²) in [4.78, 5) is 24.6. The molecule has 0 aliphatic rings. The van der Waals surface area contributed by atoms with Gasteiger partial charge in [-0.05, 0) is 36.2 Å². The second-order valence-corrected chi connectivity index (χ2v) is 5.30. The van der Waals surface area contributed by atoms with Crippen molar-refractivity contribution >= 4 is 23.7 Å². The number of carbonyl (C=O) groups excluding carboxylic acids is 2. The van der Waals surface area contributed by atoms with Gasteiger partial charge in [0.1, 0.15) is 5.75 Å². The van der Waals surface area contributed by atoms with Gasteiger partial charge in [0.2, 0.25) is 0 Å². The molecule has 1 N–H and O–H groups in total. The normalized spacial score (nSPS) is 10.1. The molecule has 3 nitrogen and oxygen atoms in total. The third kappa shape index (κ3) is 3.64. The van der Waals surface area contributed by atoms with E-state index < -0.39 is 5.78 Å². The van der Waals surface area contributed by atoms with Crippen molar-refractivity contribution < 1.29 is 14.7 Å². The quantitative estimate of drug-likeness (QED) is 0.634. The lowest BCUT2D eigenvalue weighted by Gasteiger charge is -2.07. The van der Waals surface area contributed by atoms with Crippen LogP contribution in [0.5, 0.6) is 5.75 Å². The molecule has 2 rings (SSSR count). The van der Waals surface area contributed by atoms with Crippen LogP contribution in [0.2, 0.25) is 0 Å². The van der Waals surface area contributed by atoms with Gasteiger partial charge in [0.05, 0.1) is 12.0 Å². The van der Waals surface area contributed by atoms with Crippen LogP contribution in [0, 0.1) is 6.92 Å². The van der Waals surface area contributed by atoms with Gasteiger partial charge in [-0.3, -0.25) is 9.59 Å². The smallest absolute Gasteiger partial charge is 0.174 e. The Morgan fingerprint density at radius 2 is 1.70 bits per heavy atom. The Bertz CT molecular complexity index is 801. The van der Waals surface area contributed by atoms with E-state index in [1.807, 2.05) is 6.92 Å². The minimum atomic E-state index is -0.399. The number of ketones is 2. The Morgan fingerprint density at radius 3 is 2.35 bits per heavy atom. The Labute approximate surface area is 135 Å². The van der Waals surface area contributed by atoms with E-state index >= 15 is 0 Å². The van der Waals surface area contributed by atoms with E-state index in [0.29, 0.717) is 5.56 Å². The Hall–Kier alpha value is -2.94. The molecule has 23 heavy (non-hydrogen) atoms. The summed E-state index contributed by atoms with van der Waals surface area (Å²) >= 11 is 0. The van der Waals surface area contributed by atoms with E-state index in [0.717, 1.165) is 16.7 Å². The van der Waals surface area contributed by atoms with Crippen molar-refractivity contribution in [3.63, 3.8) is 0 Å². The second kappa shape index (κ2) is 6.88. The number of hydrogen-bond donors (Lipinski definition) is 1. The van der Waals surface area contributed by atoms with Crippen LogP contribution >= 0.6 is 0 Å². The molecule has 2 aromatic rings. The standard InChI is InChI=1S/C20H18O3/c1-4-14-7-8-16(11-15(14)5-2)19(22)12-20(23)17-10-13(3)6-9-18(17)21/h4-11,21H,1-2,12H2,3H3. The van der Waals surface area contributed by atoms with E-state index in [2.05, 4.69) is 13.2 Å². The monoisotopic (exact) mass is 306 g/mol. The van der Waals surface area contributed by atoms with Crippen LogP contribution in [0.1, 0.15) is 43.8 Å². The van der Waals surface area contributed by atoms with Crippen molar-refractivity contribution in [2.75, 3.05) is 0 Å². The van der Waals surface area contributed by atoms with Crippen LogP contribution in [0.3, 0.4) is 0 Å². The third-order valence-electron chi connectivity index (χ3n) is 3.62. The van der Waals surface area contributed by atoms with Crippen molar-refractivity contribution in [2.24, 2.45) is 0 Å². The molecule has 0 amide bonds. The number of rotatable bonds is 6. The maximum absolute atomic E-state index is 12.3. The van der Waals surface area contributed by atoms with Gasteiger partial charge >= 0.3 is 0 Å². The van der Waals surface area contributed by atoms with Gasteiger partial charge in [0.25, 0.3) is 0 Å². The van der Waals surface area contributed by atoms with Crippen LogP contribution in [-0.4, -0.2) is 16.7 Å². The molecule has 0 saturated heterocycles. The molecule has 0 aromatic heterocycles. The fraction of sp³-hybridized carbons (Fsp3) is 0.100. The molecule has 0 fully saturated rings. The maximum Gasteiger partial charge on any atom is 0.174 e. The zero-order valence-electron chi connectivity index (χ0n) is 13.0. The molecule has 0 radical (unpaired) electrons. The zero-order chi connectivity index (χ0) is 17.0. The molecule has 0 atom stereocenters. The van der Waals surface area contributed by atoms with Crippen molar-refractivity contribution in [3.05, 3.63) is 77.4 Å². The van der Waals surface area contributed by atoms with E-state index in [4.69, 9.17) is 0 Å². The maximum atomic E-state index is 12.3. The molecule has 0 aliphatic carbocycles. The first-order valence-corrected chi connectivity index (χ1v) is 7.21. The largest absolute Gasteiger partial charge is 0.507 e. The van der Waals surface area contributed by atoms with Crippen LogP contribution in [-0.2, 0) is 0 Å². The highest BCUT2D eigenvalue weighted by atomic mass is 16.3. The highest BCUT2D eigenvalue weighted by Crippen LogP contribution is 2.21. The topological polar surface area (TPSA) is 54.4 Å². The first-order chi connectivity index (χ1) is 11.0. The molecule has 0 aliphatic heterocycles. The van der Waals surface area contributed by atoms with Gasteiger partial charge in [0.15, 0.2) is 11.6 Å². The molecule has 3 heteroatoms. The molecule has 116 valence electrons. The number of hydrogen-bond acceptors (Lipinski definition) is 3. The lowest BCUT2D eigenvalue weighted by Crippen LogP contribution is -2.09. The summed E-state index contributed by atoms with van der Waals surface area (Å²) in [6, 6.07) is 9.87. The fourth-order valence-corrected chi connectivity index (χ4v) is 2.33. The first-order valence-electron chi connectivity index (χ1n) is 7.21. The Balaban J connectivity index is 2.25. The van der Waals surface area contributed by atoms with Crippen LogP contribution in [0.15, 0.2) is 49.6 Å². The Kier molecular flexibility index (Phi) is 4.91. The molecule has 0 unspecified atom stereocenters. The van der Waals surface area contributed by atoms with Crippen LogP contribution in [0.4, 0.5) is 0 Å². The van der Waals surface area contributed by atoms with Gasteiger partial charge in [-0.25, -0.2) is 0 Å². The third-order valence-corrected chi connectivity index (χ3v) is 3.62. The van der Waals surface area contributed by atoms with Crippen LogP contribution in [0.25, 0.3) is 12.2 Å². The van der Waals surface area contributed by atoms with Gasteiger partial charge in [-0.15, -0.1) is 0 Å². The molecular formula is C20H18O3. The summed E-state index contributed by atoms with van der Waals surface area (Å²) in [5, 5.41) is 9.78. The summed E-state index contributed by atoms with van der Waals surface area (Å²) in [6.07, 6.45) is 3.03. The average molecular weight is 306 g/mol. The highest BCUT2D eigenvalue weighted by Gasteiger charge is 2.17. The van der Waals surface area contributed by atoms with E-state index in [-0.39, 0.29) is 23.5 Å². The fourth-order valence-electron chi connectivity index (χ4n) is 2.33. The van der Waals surface area contributed by atoms with Crippen molar-refractivity contribution in [1.29, 1.82) is 0 Å². The van der Waals surface area contributed by atoms with Crippen LogP contribution < -0.4 is 0 Å². The molecule has 0 bridgehead atoms. The number of carbonyl (C=O) groups is 2. The Morgan fingerprint density at radius 1 is 1.00 bits per heavy atom. The van der Waals surface area contributed by atoms with Gasteiger partial charge in [-0.2, -0.15) is 0 Å². The first kappa shape index (κ1) is 16.4. The molecule has 0 saturated carbocycles. The highest BCUT2D eigenvalue weighted by molar-refractivity contribution is 6.14. The van der Waals surface area contributed by atoms with Gasteiger partial charge < -0.3 is 5.11 Å². The summed E-state index contributed by atoms with van der Waals surface area (Å²) in [5.74, 6) is -0.805. The van der Waals surface area contributed by atoms with E-state index in [1.165, 1.54) is 6.07 Å². The predicted molar refractivity (Wildman–Crippen MR) is 92.7 cm³/mol. The van der Waals surface area contributed by atoms with Crippen molar-refractivity contribution in [1.82, 2.24) is 0 Å². The van der Waals surface area contributed by atoms with Gasteiger partial charge in [-0.1, -0.05) is 49.1 Å². The molecule has 2 aromatic carbocycles. The number of aromatic hydroxyl groups is 1. The molecule has 0 heterocycles. The second-order valence-electron chi connectivity index (χ2n) is 5.30. The summed E-state index contributed by atoms with van der Waals surface area (Å²) in [7, 11) is 0. The minimum absolute atomic E-state index is 0.109. The number of phenols is 1. The van der Waals surface area contributed by atoms with Crippen molar-refractivity contribution in [3.8, 4) is 5.75 Å². The van der Waals surface area contributed by atoms with E-state index in [9.17, 15) is 14.7 Å². The summed E-state index contributed by atoms with van der Waals surface area (Å²) in [6.45, 7) is 9.24. The number of benzene rings is 2. The molecular weight excluding hydrogens is 288 g/mol. The minimum Gasteiger partial charge on any atom is -0.507 e. The average Bonchev–Trinajstić information content (AvgIpc) is 2.56. The van der Waals surface area contributed by atoms with Crippen molar-refractivity contribution in [2.45, 2.75) is 13.3 Å². The number of Topliss-reactive ketones (excluding diaryl/α,β-unsaturated/α-hetero) is 2. The van der Waals surface area contributed by atoms with E-state index in [1.54, 1.807) is 42.5 Å². The molecule has 0 spiro atoms. The predicted octanol–water partition coefficient (Wildman–Crippen LogP) is 4.44. The van der Waals surface area contributed by atoms with Gasteiger partial charge in [0, 0.05) is 5.56 Å². The lowest BCUT2D eigenvalue weighted by molar-refractivity contribution is 0.0893. The summed E-state index contributed by atoms with van der Waals surface area (Å²) < 4.78 is 0. The zero-order valence-corrected chi connectivity index (χ0v) is 13.0. The number of phenolic OH excluding ortho intramolecular Hbond substituents is 1.